The fraction of sp³-hybridized carbons (Fsp3) is 0.636. The lowest BCUT2D eigenvalue weighted by atomic mass is 9.95. The predicted molar refractivity (Wildman–Crippen MR) is 110 cm³/mol. The van der Waals surface area contributed by atoms with E-state index in [1.54, 1.807) is 25.3 Å². The van der Waals surface area contributed by atoms with Crippen LogP contribution in [0.25, 0.3) is 0 Å². The van der Waals surface area contributed by atoms with E-state index >= 15 is 0 Å². The van der Waals surface area contributed by atoms with Gasteiger partial charge >= 0.3 is 6.09 Å². The summed E-state index contributed by atoms with van der Waals surface area (Å²) < 4.78 is 24.0. The van der Waals surface area contributed by atoms with Crippen molar-refractivity contribution in [1.82, 2.24) is 9.96 Å². The molecule has 1 aromatic carbocycles. The number of nitrogens with zero attached hydrogens (tertiary/aromatic N) is 2. The first-order valence-electron chi connectivity index (χ1n) is 10.5. The molecule has 0 aromatic heterocycles. The van der Waals surface area contributed by atoms with Crippen LogP contribution in [-0.4, -0.2) is 68.5 Å². The summed E-state index contributed by atoms with van der Waals surface area (Å²) in [5.41, 5.74) is 0.780. The zero-order chi connectivity index (χ0) is 21.8. The van der Waals surface area contributed by atoms with Crippen molar-refractivity contribution in [3.63, 3.8) is 0 Å². The molecule has 0 heterocycles. The Kier molecular flexibility index (Phi) is 10.8. The van der Waals surface area contributed by atoms with Crippen molar-refractivity contribution >= 4 is 12.4 Å². The molecule has 0 unspecified atom stereocenters. The smallest absolute Gasteiger partial charge is 0.354 e. The van der Waals surface area contributed by atoms with Gasteiger partial charge in [-0.2, -0.15) is 0 Å². The minimum Gasteiger partial charge on any atom is -0.354 e. The minimum atomic E-state index is -0.523. The molecule has 1 amide bonds. The highest BCUT2D eigenvalue weighted by atomic mass is 19.1. The molecule has 8 heteroatoms. The van der Waals surface area contributed by atoms with E-state index in [2.05, 4.69) is 0 Å². The third kappa shape index (κ3) is 8.01. The van der Waals surface area contributed by atoms with Gasteiger partial charge in [-0.1, -0.05) is 31.4 Å². The van der Waals surface area contributed by atoms with E-state index in [-0.39, 0.29) is 24.8 Å². The predicted octanol–water partition coefficient (Wildman–Crippen LogP) is 3.56. The van der Waals surface area contributed by atoms with E-state index in [0.717, 1.165) is 37.5 Å². The van der Waals surface area contributed by atoms with Gasteiger partial charge in [0.1, 0.15) is 12.1 Å². The van der Waals surface area contributed by atoms with Crippen LogP contribution in [0.4, 0.5) is 9.18 Å². The summed E-state index contributed by atoms with van der Waals surface area (Å²) in [5.74, 6) is -0.317. The molecule has 0 saturated heterocycles. The number of amides is 1. The van der Waals surface area contributed by atoms with Crippen molar-refractivity contribution < 1.29 is 28.3 Å². The van der Waals surface area contributed by atoms with Crippen LogP contribution < -0.4 is 0 Å². The van der Waals surface area contributed by atoms with E-state index in [1.807, 2.05) is 6.07 Å². The van der Waals surface area contributed by atoms with Crippen LogP contribution >= 0.6 is 0 Å². The van der Waals surface area contributed by atoms with E-state index in [0.29, 0.717) is 19.5 Å². The van der Waals surface area contributed by atoms with Crippen molar-refractivity contribution in [1.29, 1.82) is 0 Å². The summed E-state index contributed by atoms with van der Waals surface area (Å²) in [6.07, 6.45) is 5.61. The maximum Gasteiger partial charge on any atom is 0.428 e. The maximum atomic E-state index is 13.4. The van der Waals surface area contributed by atoms with Crippen LogP contribution in [0.15, 0.2) is 24.3 Å². The third-order valence-electron chi connectivity index (χ3n) is 5.37. The Morgan fingerprint density at radius 2 is 1.93 bits per heavy atom. The number of methoxy groups -OCH3 is 2. The highest BCUT2D eigenvalue weighted by molar-refractivity contribution is 5.68. The molecule has 0 atom stereocenters. The quantitative estimate of drug-likeness (QED) is 0.290. The van der Waals surface area contributed by atoms with Gasteiger partial charge in [0.05, 0.1) is 6.54 Å². The zero-order valence-corrected chi connectivity index (χ0v) is 17.9. The molecule has 1 fully saturated rings. The normalized spacial score (nSPS) is 14.8. The second-order valence-corrected chi connectivity index (χ2v) is 7.47. The van der Waals surface area contributed by atoms with Crippen molar-refractivity contribution in [2.24, 2.45) is 0 Å². The Morgan fingerprint density at radius 3 is 2.57 bits per heavy atom. The number of hydrogen-bond donors (Lipinski definition) is 0. The summed E-state index contributed by atoms with van der Waals surface area (Å²) in [6, 6.07) is 6.37. The Hall–Kier alpha value is -2.03. The SMILES string of the molecule is COC(CN(OC(=O)N(CCC=O)CCc1cccc(F)c1)C1CCCCC1)OC. The topological polar surface area (TPSA) is 68.3 Å². The fourth-order valence-electron chi connectivity index (χ4n) is 3.64. The van der Waals surface area contributed by atoms with Crippen molar-refractivity contribution in [3.8, 4) is 0 Å². The number of aldehydes is 1. The van der Waals surface area contributed by atoms with Crippen molar-refractivity contribution in [2.45, 2.75) is 57.3 Å². The number of ether oxygens (including phenoxy) is 2. The average molecular weight is 425 g/mol. The lowest BCUT2D eigenvalue weighted by Gasteiger charge is -2.35. The monoisotopic (exact) mass is 424 g/mol. The largest absolute Gasteiger partial charge is 0.428 e. The molecule has 0 N–H and O–H groups in total. The highest BCUT2D eigenvalue weighted by Crippen LogP contribution is 2.24. The number of hydrogen-bond acceptors (Lipinski definition) is 6. The van der Waals surface area contributed by atoms with E-state index < -0.39 is 12.4 Å². The summed E-state index contributed by atoms with van der Waals surface area (Å²) in [4.78, 5) is 31.1. The molecule has 2 rings (SSSR count). The molecule has 7 nitrogen and oxygen atoms in total. The maximum absolute atomic E-state index is 13.4. The van der Waals surface area contributed by atoms with Crippen LogP contribution in [0.2, 0.25) is 0 Å². The molecule has 1 aliphatic carbocycles. The summed E-state index contributed by atoms with van der Waals surface area (Å²) in [5, 5.41) is 1.66. The molecule has 0 bridgehead atoms. The van der Waals surface area contributed by atoms with Gasteiger partial charge in [-0.25, -0.2) is 9.18 Å². The molecule has 1 aliphatic rings. The van der Waals surface area contributed by atoms with Gasteiger partial charge in [-0.3, -0.25) is 0 Å². The van der Waals surface area contributed by atoms with Gasteiger partial charge < -0.3 is 24.0 Å². The molecule has 0 aliphatic heterocycles. The Morgan fingerprint density at radius 1 is 1.20 bits per heavy atom. The van der Waals surface area contributed by atoms with Crippen LogP contribution in [0, 0.1) is 5.82 Å². The zero-order valence-electron chi connectivity index (χ0n) is 17.9. The number of rotatable bonds is 12. The van der Waals surface area contributed by atoms with Crippen LogP contribution in [0.1, 0.15) is 44.1 Å². The molecule has 1 aromatic rings. The van der Waals surface area contributed by atoms with E-state index in [1.165, 1.54) is 23.5 Å². The number of halogens is 1. The highest BCUT2D eigenvalue weighted by Gasteiger charge is 2.29. The van der Waals surface area contributed by atoms with Crippen LogP contribution in [0.5, 0.6) is 0 Å². The summed E-state index contributed by atoms with van der Waals surface area (Å²) in [7, 11) is 3.09. The number of hydroxylamine groups is 2. The minimum absolute atomic E-state index is 0.103. The van der Waals surface area contributed by atoms with Crippen LogP contribution in [-0.2, 0) is 25.5 Å². The molecule has 30 heavy (non-hydrogen) atoms. The van der Waals surface area contributed by atoms with Gasteiger partial charge in [0, 0.05) is 39.8 Å². The van der Waals surface area contributed by atoms with Gasteiger partial charge in [0.2, 0.25) is 0 Å². The molecular formula is C22H33FN2O5. The Bertz CT molecular complexity index is 650. The van der Waals surface area contributed by atoms with Gasteiger partial charge in [-0.15, -0.1) is 5.06 Å². The number of carbonyl (C=O) groups is 2. The van der Waals surface area contributed by atoms with E-state index in [9.17, 15) is 14.0 Å². The molecule has 1 saturated carbocycles. The number of benzene rings is 1. The van der Waals surface area contributed by atoms with E-state index in [4.69, 9.17) is 14.3 Å². The number of carbonyl (C=O) groups excluding carboxylic acids is 2. The van der Waals surface area contributed by atoms with Gasteiger partial charge in [0.15, 0.2) is 6.29 Å². The van der Waals surface area contributed by atoms with Crippen molar-refractivity contribution in [3.05, 3.63) is 35.6 Å². The first-order valence-corrected chi connectivity index (χ1v) is 10.5. The molecule has 0 radical (unpaired) electrons. The summed E-state index contributed by atoms with van der Waals surface area (Å²) >= 11 is 0. The second kappa shape index (κ2) is 13.3. The third-order valence-corrected chi connectivity index (χ3v) is 5.37. The first-order chi connectivity index (χ1) is 14.6. The van der Waals surface area contributed by atoms with Crippen molar-refractivity contribution in [2.75, 3.05) is 33.9 Å². The first kappa shape index (κ1) is 24.2. The average Bonchev–Trinajstić information content (AvgIpc) is 2.77. The lowest BCUT2D eigenvalue weighted by Crippen LogP contribution is -2.47. The standard InChI is InChI=1S/C22H33FN2O5/c1-28-21(29-2)17-25(20-10-4-3-5-11-20)30-22(27)24(13-7-15-26)14-12-18-8-6-9-19(23)16-18/h6,8-9,15-16,20-21H,3-5,7,10-14,17H2,1-2H3. The fourth-order valence-corrected chi connectivity index (χ4v) is 3.64. The van der Waals surface area contributed by atoms with Gasteiger partial charge in [-0.05, 0) is 37.0 Å². The molecule has 0 spiro atoms. The Balaban J connectivity index is 2.04. The second-order valence-electron chi connectivity index (χ2n) is 7.47. The molecule has 168 valence electrons. The van der Waals surface area contributed by atoms with Gasteiger partial charge in [0.25, 0.3) is 0 Å². The molecular weight excluding hydrogens is 391 g/mol. The Labute approximate surface area is 178 Å². The summed E-state index contributed by atoms with van der Waals surface area (Å²) in [6.45, 7) is 0.871. The van der Waals surface area contributed by atoms with Crippen LogP contribution in [0.3, 0.4) is 0 Å². The lowest BCUT2D eigenvalue weighted by molar-refractivity contribution is -0.205.